The molecule has 0 bridgehead atoms. The van der Waals surface area contributed by atoms with Crippen LogP contribution in [-0.4, -0.2) is 28.5 Å². The number of ketones is 1. The van der Waals surface area contributed by atoms with Gasteiger partial charge in [-0.15, -0.1) is 0 Å². The molecule has 0 unspecified atom stereocenters. The molecule has 10 heteroatoms. The zero-order chi connectivity index (χ0) is 27.0. The van der Waals surface area contributed by atoms with Gasteiger partial charge in [-0.25, -0.2) is 4.90 Å². The summed E-state index contributed by atoms with van der Waals surface area (Å²) in [5, 5.41) is 21.7. The number of ether oxygens (including phenoxy) is 1. The van der Waals surface area contributed by atoms with Gasteiger partial charge in [0.15, 0.2) is 5.78 Å². The van der Waals surface area contributed by atoms with Crippen LogP contribution in [0.1, 0.15) is 47.0 Å². The van der Waals surface area contributed by atoms with Gasteiger partial charge in [-0.2, -0.15) is 0 Å². The Morgan fingerprint density at radius 1 is 0.684 bits per heavy atom. The first-order valence-electron chi connectivity index (χ1n) is 11.1. The van der Waals surface area contributed by atoms with Crippen molar-refractivity contribution in [2.75, 3.05) is 4.90 Å². The summed E-state index contributed by atoms with van der Waals surface area (Å²) >= 11 is 0. The van der Waals surface area contributed by atoms with E-state index in [-0.39, 0.29) is 39.4 Å². The first-order valence-corrected chi connectivity index (χ1v) is 11.1. The van der Waals surface area contributed by atoms with E-state index in [1.165, 1.54) is 78.9 Å². The van der Waals surface area contributed by atoms with E-state index in [0.29, 0.717) is 17.1 Å². The van der Waals surface area contributed by atoms with Crippen molar-refractivity contribution in [2.45, 2.75) is 0 Å². The maximum Gasteiger partial charge on any atom is 0.269 e. The topological polar surface area (TPSA) is 147 Å². The van der Waals surface area contributed by atoms with Crippen molar-refractivity contribution in [3.05, 3.63) is 129 Å². The summed E-state index contributed by atoms with van der Waals surface area (Å²) in [7, 11) is 0. The highest BCUT2D eigenvalue weighted by atomic mass is 16.6. The van der Waals surface area contributed by atoms with Gasteiger partial charge in [0.1, 0.15) is 11.5 Å². The van der Waals surface area contributed by atoms with E-state index in [9.17, 15) is 34.4 Å². The minimum absolute atomic E-state index is 0.0173. The summed E-state index contributed by atoms with van der Waals surface area (Å²) in [6.07, 6.45) is 0. The van der Waals surface area contributed by atoms with E-state index < -0.39 is 22.7 Å². The summed E-state index contributed by atoms with van der Waals surface area (Å²) in [6, 6.07) is 21.1. The molecule has 0 atom stereocenters. The zero-order valence-corrected chi connectivity index (χ0v) is 19.3. The number of carbonyl (C=O) groups is 4. The second-order valence-electron chi connectivity index (χ2n) is 8.25. The van der Waals surface area contributed by atoms with Crippen molar-refractivity contribution in [2.24, 2.45) is 0 Å². The highest BCUT2D eigenvalue weighted by Gasteiger charge is 2.37. The third kappa shape index (κ3) is 4.37. The average Bonchev–Trinajstić information content (AvgIpc) is 3.18. The molecule has 0 N–H and O–H groups in total. The highest BCUT2D eigenvalue weighted by Crippen LogP contribution is 2.31. The molecule has 5 rings (SSSR count). The molecule has 4 aromatic carbocycles. The number of anilines is 1. The fourth-order valence-corrected chi connectivity index (χ4v) is 3.98. The molecule has 0 fully saturated rings. The number of imide groups is 1. The second kappa shape index (κ2) is 9.43. The fourth-order valence-electron chi connectivity index (χ4n) is 3.98. The Hall–Kier alpha value is -5.64. The number of carboxylic acid groups (broad SMARTS) is 1. The number of nitro benzene ring substituents is 1. The first kappa shape index (κ1) is 24.1. The van der Waals surface area contributed by atoms with Crippen LogP contribution in [0.25, 0.3) is 0 Å². The third-order valence-electron chi connectivity index (χ3n) is 5.91. The number of hydrogen-bond donors (Lipinski definition) is 0. The Morgan fingerprint density at radius 3 is 1.76 bits per heavy atom. The minimum atomic E-state index is -1.30. The largest absolute Gasteiger partial charge is 0.545 e. The van der Waals surface area contributed by atoms with Gasteiger partial charge in [0.05, 0.1) is 27.7 Å². The van der Waals surface area contributed by atoms with Gasteiger partial charge in [0.25, 0.3) is 17.5 Å². The van der Waals surface area contributed by atoms with Gasteiger partial charge in [0.2, 0.25) is 0 Å². The van der Waals surface area contributed by atoms with Crippen LogP contribution in [0.3, 0.4) is 0 Å². The number of nitro groups is 1. The molecule has 0 saturated carbocycles. The molecule has 0 radical (unpaired) electrons. The van der Waals surface area contributed by atoms with Crippen molar-refractivity contribution < 1.29 is 33.9 Å². The number of fused-ring (bicyclic) bond motifs is 1. The van der Waals surface area contributed by atoms with Crippen LogP contribution in [0.15, 0.2) is 91.0 Å². The van der Waals surface area contributed by atoms with E-state index in [1.807, 2.05) is 0 Å². The Labute approximate surface area is 214 Å². The normalized spacial score (nSPS) is 12.3. The predicted molar refractivity (Wildman–Crippen MR) is 131 cm³/mol. The van der Waals surface area contributed by atoms with Crippen LogP contribution < -0.4 is 14.7 Å². The quantitative estimate of drug-likeness (QED) is 0.159. The van der Waals surface area contributed by atoms with Gasteiger partial charge in [-0.1, -0.05) is 6.07 Å². The van der Waals surface area contributed by atoms with Gasteiger partial charge >= 0.3 is 0 Å². The molecular weight excluding hydrogens is 492 g/mol. The summed E-state index contributed by atoms with van der Waals surface area (Å²) in [5.74, 6) is -2.10. The Balaban J connectivity index is 1.33. The number of carbonyl (C=O) groups excluding carboxylic acids is 4. The van der Waals surface area contributed by atoms with Crippen molar-refractivity contribution in [1.29, 1.82) is 0 Å². The van der Waals surface area contributed by atoms with E-state index in [4.69, 9.17) is 4.74 Å². The average molecular weight is 507 g/mol. The van der Waals surface area contributed by atoms with E-state index in [2.05, 4.69) is 0 Å². The Morgan fingerprint density at radius 2 is 1.21 bits per heavy atom. The Bertz CT molecular complexity index is 1630. The lowest BCUT2D eigenvalue weighted by Crippen LogP contribution is -2.29. The third-order valence-corrected chi connectivity index (χ3v) is 5.91. The Kier molecular flexibility index (Phi) is 5.97. The van der Waals surface area contributed by atoms with Gasteiger partial charge in [-0.3, -0.25) is 24.5 Å². The molecule has 0 spiro atoms. The smallest absolute Gasteiger partial charge is 0.269 e. The van der Waals surface area contributed by atoms with Crippen LogP contribution in [0.2, 0.25) is 0 Å². The van der Waals surface area contributed by atoms with Crippen molar-refractivity contribution in [3.8, 4) is 11.5 Å². The molecule has 2 amide bonds. The molecule has 0 saturated heterocycles. The van der Waals surface area contributed by atoms with Crippen LogP contribution in [-0.2, 0) is 0 Å². The molecule has 38 heavy (non-hydrogen) atoms. The summed E-state index contributed by atoms with van der Waals surface area (Å²) < 4.78 is 5.66. The highest BCUT2D eigenvalue weighted by molar-refractivity contribution is 6.35. The number of carboxylic acids is 1. The van der Waals surface area contributed by atoms with Crippen LogP contribution >= 0.6 is 0 Å². The molecule has 10 nitrogen and oxygen atoms in total. The monoisotopic (exact) mass is 507 g/mol. The van der Waals surface area contributed by atoms with Crippen molar-refractivity contribution in [1.82, 2.24) is 0 Å². The van der Waals surface area contributed by atoms with Crippen molar-refractivity contribution >= 4 is 34.9 Å². The summed E-state index contributed by atoms with van der Waals surface area (Å²) in [6.45, 7) is 0. The molecule has 0 aromatic heterocycles. The van der Waals surface area contributed by atoms with Crippen molar-refractivity contribution in [3.63, 3.8) is 0 Å². The van der Waals surface area contributed by atoms with E-state index in [1.54, 1.807) is 12.1 Å². The molecule has 1 aliphatic rings. The predicted octanol–water partition coefficient (Wildman–Crippen LogP) is 3.78. The van der Waals surface area contributed by atoms with E-state index >= 15 is 0 Å². The first-order chi connectivity index (χ1) is 18.2. The number of aromatic carboxylic acids is 1. The molecule has 186 valence electrons. The molecule has 4 aromatic rings. The number of nitrogens with zero attached hydrogens (tertiary/aromatic N) is 2. The maximum absolute atomic E-state index is 13.1. The zero-order valence-electron chi connectivity index (χ0n) is 19.3. The fraction of sp³-hybridized carbons (Fsp3) is 0. The lowest BCUT2D eigenvalue weighted by Gasteiger charge is -2.13. The summed E-state index contributed by atoms with van der Waals surface area (Å²) in [5.41, 5.74) is 0.708. The molecule has 1 heterocycles. The number of benzene rings is 4. The molecule has 0 aliphatic carbocycles. The second-order valence-corrected chi connectivity index (χ2v) is 8.25. The SMILES string of the molecule is O=C([O-])c1ccc(Oc2ccc(C(=O)c3ccc4c(c3)C(=O)N(c3ccc([N+](=O)[O-])cc3)C4=O)cc2)cc1. The maximum atomic E-state index is 13.1. The number of non-ortho nitro benzene ring substituents is 1. The number of amides is 2. The number of hydrogen-bond acceptors (Lipinski definition) is 8. The molecular formula is C28H15N2O8-. The lowest BCUT2D eigenvalue weighted by atomic mass is 9.99. The van der Waals surface area contributed by atoms with E-state index in [0.717, 1.165) is 4.90 Å². The molecule has 1 aliphatic heterocycles. The van der Waals surface area contributed by atoms with Crippen LogP contribution in [0, 0.1) is 10.1 Å². The van der Waals surface area contributed by atoms with Gasteiger partial charge in [0, 0.05) is 23.3 Å². The van der Waals surface area contributed by atoms with Gasteiger partial charge in [-0.05, 0) is 78.4 Å². The number of rotatable bonds is 7. The van der Waals surface area contributed by atoms with Crippen LogP contribution in [0.5, 0.6) is 11.5 Å². The standard InChI is InChI=1S/C28H16N2O8/c31-25(16-1-10-21(11-2-16)38-22-12-3-17(4-13-22)28(34)35)18-5-14-23-24(15-18)27(33)29(26(23)32)19-6-8-20(9-7-19)30(36)37/h1-15H,(H,34,35)/p-1. The lowest BCUT2D eigenvalue weighted by molar-refractivity contribution is -0.384. The van der Waals surface area contributed by atoms with Crippen LogP contribution in [0.4, 0.5) is 11.4 Å². The van der Waals surface area contributed by atoms with Gasteiger partial charge < -0.3 is 14.6 Å². The summed E-state index contributed by atoms with van der Waals surface area (Å²) in [4.78, 5) is 61.0. The minimum Gasteiger partial charge on any atom is -0.545 e.